The molecule has 0 aromatic heterocycles. The summed E-state index contributed by atoms with van der Waals surface area (Å²) in [4.78, 5) is 0. The molecule has 0 aliphatic carbocycles. The van der Waals surface area contributed by atoms with Gasteiger partial charge in [0.15, 0.2) is 11.5 Å². The predicted octanol–water partition coefficient (Wildman–Crippen LogP) is 3.69. The molecule has 1 heterocycles. The number of benzene rings is 1. The molecule has 0 N–H and O–H groups in total. The minimum absolute atomic E-state index is 0.490. The summed E-state index contributed by atoms with van der Waals surface area (Å²) in [5.41, 5.74) is 0.971. The summed E-state index contributed by atoms with van der Waals surface area (Å²) < 4.78 is 23.3. The van der Waals surface area contributed by atoms with Crippen molar-refractivity contribution in [2.24, 2.45) is 0 Å². The molecule has 15 heavy (non-hydrogen) atoms. The van der Waals surface area contributed by atoms with E-state index in [-0.39, 0.29) is 0 Å². The zero-order chi connectivity index (χ0) is 11.5. The van der Waals surface area contributed by atoms with E-state index in [4.69, 9.17) is 9.47 Å². The molecule has 1 aliphatic rings. The third-order valence-corrected chi connectivity index (χ3v) is 2.02. The number of para-hydroxylation sites is 1. The molecule has 0 radical (unpaired) electrons. The van der Waals surface area contributed by atoms with E-state index in [1.165, 1.54) is 6.92 Å². The molecule has 2 rings (SSSR count). The van der Waals surface area contributed by atoms with E-state index in [1.54, 1.807) is 6.07 Å². The molecule has 1 aromatic rings. The van der Waals surface area contributed by atoms with Crippen LogP contribution in [0.25, 0.3) is 0 Å². The Labute approximate surface area is 90.0 Å². The summed E-state index contributed by atoms with van der Waals surface area (Å²) in [5, 5.41) is 0. The largest absolute Gasteiger partial charge is 0.423 e. The molecule has 0 fully saturated rings. The van der Waals surface area contributed by atoms with Crippen LogP contribution in [0.5, 0.6) is 11.5 Å². The molecular formula is C12H17FO2. The Bertz CT molecular complexity index is 334. The molecule has 1 unspecified atom stereocenters. The normalized spacial score (nSPS) is 21.9. The van der Waals surface area contributed by atoms with E-state index in [0.29, 0.717) is 11.5 Å². The minimum Gasteiger partial charge on any atom is -0.423 e. The van der Waals surface area contributed by atoms with Gasteiger partial charge in [-0.05, 0) is 18.1 Å². The van der Waals surface area contributed by atoms with Crippen molar-refractivity contribution in [1.82, 2.24) is 0 Å². The summed E-state index contributed by atoms with van der Waals surface area (Å²) >= 11 is 0. The smallest absolute Gasteiger partial charge is 0.404 e. The Morgan fingerprint density at radius 2 is 1.93 bits per heavy atom. The minimum atomic E-state index is -2.01. The molecule has 1 aliphatic heterocycles. The third kappa shape index (κ3) is 2.41. The van der Waals surface area contributed by atoms with E-state index in [9.17, 15) is 4.39 Å². The van der Waals surface area contributed by atoms with Crippen LogP contribution in [0.4, 0.5) is 4.39 Å². The number of aryl methyl sites for hydroxylation is 1. The van der Waals surface area contributed by atoms with Gasteiger partial charge in [-0.25, -0.2) is 0 Å². The summed E-state index contributed by atoms with van der Waals surface area (Å²) in [6, 6.07) is 3.44. The fraction of sp³-hybridized carbons (Fsp3) is 0.500. The quantitative estimate of drug-likeness (QED) is 0.706. The highest BCUT2D eigenvalue weighted by Gasteiger charge is 2.37. The first kappa shape index (κ1) is 11.8. The maximum absolute atomic E-state index is 13.3. The lowest BCUT2D eigenvalue weighted by Gasteiger charge is -2.11. The van der Waals surface area contributed by atoms with E-state index in [2.05, 4.69) is 0 Å². The van der Waals surface area contributed by atoms with Crippen molar-refractivity contribution in [3.05, 3.63) is 23.8 Å². The number of alkyl halides is 1. The summed E-state index contributed by atoms with van der Waals surface area (Å²) in [6.07, 6.45) is 0.808. The van der Waals surface area contributed by atoms with Gasteiger partial charge in [0.25, 0.3) is 0 Å². The van der Waals surface area contributed by atoms with Crippen molar-refractivity contribution in [3.8, 4) is 11.5 Å². The van der Waals surface area contributed by atoms with Crippen molar-refractivity contribution >= 4 is 0 Å². The molecule has 2 nitrogen and oxygen atoms in total. The van der Waals surface area contributed by atoms with Crippen molar-refractivity contribution < 1.29 is 13.9 Å². The lowest BCUT2D eigenvalue weighted by Crippen LogP contribution is -2.28. The summed E-state index contributed by atoms with van der Waals surface area (Å²) in [7, 11) is 0. The van der Waals surface area contributed by atoms with Gasteiger partial charge >= 0.3 is 6.04 Å². The van der Waals surface area contributed by atoms with Gasteiger partial charge < -0.3 is 9.47 Å². The maximum atomic E-state index is 13.3. The summed E-state index contributed by atoms with van der Waals surface area (Å²) in [5.74, 6) is 1.03. The highest BCUT2D eigenvalue weighted by molar-refractivity contribution is 5.48. The highest BCUT2D eigenvalue weighted by atomic mass is 19.2. The average Bonchev–Trinajstić information content (AvgIpc) is 2.54. The highest BCUT2D eigenvalue weighted by Crippen LogP contribution is 2.42. The van der Waals surface area contributed by atoms with E-state index >= 15 is 0 Å². The first-order chi connectivity index (χ1) is 7.12. The fourth-order valence-corrected chi connectivity index (χ4v) is 1.44. The molecule has 0 saturated carbocycles. The van der Waals surface area contributed by atoms with E-state index < -0.39 is 6.04 Å². The molecule has 3 heteroatoms. The van der Waals surface area contributed by atoms with Crippen LogP contribution >= 0.6 is 0 Å². The number of halogens is 1. The Morgan fingerprint density at radius 1 is 1.27 bits per heavy atom. The number of rotatable bonds is 1. The SMILES string of the molecule is CC.CCc1cccc2c1OC(C)(F)O2. The van der Waals surface area contributed by atoms with Gasteiger partial charge in [-0.2, -0.15) is 4.39 Å². The molecule has 84 valence electrons. The predicted molar refractivity (Wildman–Crippen MR) is 57.9 cm³/mol. The fourth-order valence-electron chi connectivity index (χ4n) is 1.44. The van der Waals surface area contributed by atoms with Gasteiger partial charge in [0.1, 0.15) is 0 Å². The van der Waals surface area contributed by atoms with Crippen molar-refractivity contribution in [2.75, 3.05) is 0 Å². The molecule has 0 spiro atoms. The Kier molecular flexibility index (Phi) is 3.56. The topological polar surface area (TPSA) is 18.5 Å². The number of hydrogen-bond acceptors (Lipinski definition) is 2. The second-order valence-corrected chi connectivity index (χ2v) is 3.14. The standard InChI is InChI=1S/C10H11FO2.C2H6/c1-3-7-5-4-6-8-9(7)13-10(2,11)12-8;1-2/h4-6H,3H2,1-2H3;1-2H3. The van der Waals surface area contributed by atoms with Crippen molar-refractivity contribution in [1.29, 1.82) is 0 Å². The van der Waals surface area contributed by atoms with E-state index in [1.807, 2.05) is 32.9 Å². The number of fused-ring (bicyclic) bond motifs is 1. The number of hydrogen-bond donors (Lipinski definition) is 0. The Hall–Kier alpha value is -1.25. The first-order valence-corrected chi connectivity index (χ1v) is 5.31. The van der Waals surface area contributed by atoms with Crippen LogP contribution in [-0.4, -0.2) is 6.04 Å². The monoisotopic (exact) mass is 212 g/mol. The molecular weight excluding hydrogens is 195 g/mol. The van der Waals surface area contributed by atoms with Crippen molar-refractivity contribution in [3.63, 3.8) is 0 Å². The second kappa shape index (κ2) is 4.51. The van der Waals surface area contributed by atoms with Gasteiger partial charge in [0.05, 0.1) is 0 Å². The van der Waals surface area contributed by atoms with Gasteiger partial charge in [-0.15, -0.1) is 0 Å². The lowest BCUT2D eigenvalue weighted by atomic mass is 10.1. The van der Waals surface area contributed by atoms with Gasteiger partial charge in [0.2, 0.25) is 0 Å². The lowest BCUT2D eigenvalue weighted by molar-refractivity contribution is -0.173. The van der Waals surface area contributed by atoms with Gasteiger partial charge in [-0.1, -0.05) is 32.9 Å². The zero-order valence-corrected chi connectivity index (χ0v) is 9.63. The van der Waals surface area contributed by atoms with Crippen LogP contribution in [0.15, 0.2) is 18.2 Å². The zero-order valence-electron chi connectivity index (χ0n) is 9.63. The molecule has 1 aromatic carbocycles. The van der Waals surface area contributed by atoms with E-state index in [0.717, 1.165) is 12.0 Å². The van der Waals surface area contributed by atoms with Crippen molar-refractivity contribution in [2.45, 2.75) is 40.2 Å². The molecule has 0 bridgehead atoms. The molecule has 0 saturated heterocycles. The maximum Gasteiger partial charge on any atom is 0.404 e. The first-order valence-electron chi connectivity index (χ1n) is 5.31. The van der Waals surface area contributed by atoms with Gasteiger partial charge in [0, 0.05) is 6.92 Å². The Morgan fingerprint density at radius 3 is 2.53 bits per heavy atom. The average molecular weight is 212 g/mol. The van der Waals surface area contributed by atoms with Crippen LogP contribution < -0.4 is 9.47 Å². The third-order valence-electron chi connectivity index (χ3n) is 2.02. The summed E-state index contributed by atoms with van der Waals surface area (Å²) in [6.45, 7) is 7.25. The van der Waals surface area contributed by atoms with Gasteiger partial charge in [-0.3, -0.25) is 0 Å². The second-order valence-electron chi connectivity index (χ2n) is 3.14. The van der Waals surface area contributed by atoms with Crippen LogP contribution in [0, 0.1) is 0 Å². The molecule has 1 atom stereocenters. The van der Waals surface area contributed by atoms with Crippen LogP contribution in [0.3, 0.4) is 0 Å². The molecule has 0 amide bonds. The number of ether oxygens (including phenoxy) is 2. The van der Waals surface area contributed by atoms with Crippen LogP contribution in [-0.2, 0) is 6.42 Å². The van der Waals surface area contributed by atoms with Crippen LogP contribution in [0.2, 0.25) is 0 Å². The Balaban J connectivity index is 0.000000531. The van der Waals surface area contributed by atoms with Crippen LogP contribution in [0.1, 0.15) is 33.3 Å².